The second-order valence-corrected chi connectivity index (χ2v) is 5.74. The lowest BCUT2D eigenvalue weighted by molar-refractivity contribution is 0.0780. The van der Waals surface area contributed by atoms with Crippen LogP contribution in [-0.4, -0.2) is 45.9 Å². The fraction of sp³-hybridized carbons (Fsp3) is 0.938. The summed E-state index contributed by atoms with van der Waals surface area (Å²) in [6.07, 6.45) is 5.36. The number of amides is 1. The van der Waals surface area contributed by atoms with Gasteiger partial charge in [-0.1, -0.05) is 33.6 Å². The number of hydrogen-bond donors (Lipinski definition) is 3. The number of ether oxygens (including phenoxy) is 1. The van der Waals surface area contributed by atoms with Gasteiger partial charge in [0.2, 0.25) is 0 Å². The van der Waals surface area contributed by atoms with E-state index in [4.69, 9.17) is 4.74 Å². The molecule has 0 heterocycles. The van der Waals surface area contributed by atoms with Crippen molar-refractivity contribution in [2.24, 2.45) is 5.41 Å². The van der Waals surface area contributed by atoms with Crippen molar-refractivity contribution >= 4 is 6.09 Å². The molecular formula is C16H35N3O2. The van der Waals surface area contributed by atoms with Crippen molar-refractivity contribution in [1.29, 1.82) is 0 Å². The highest BCUT2D eigenvalue weighted by molar-refractivity contribution is 5.66. The second kappa shape index (κ2) is 12.9. The molecule has 0 spiro atoms. The number of hydrogen-bond acceptors (Lipinski definition) is 4. The first-order chi connectivity index (χ1) is 10.1. The third-order valence-electron chi connectivity index (χ3n) is 3.88. The van der Waals surface area contributed by atoms with Crippen LogP contribution in [0.5, 0.6) is 0 Å². The predicted octanol–water partition coefficient (Wildman–Crippen LogP) is 2.52. The van der Waals surface area contributed by atoms with Crippen molar-refractivity contribution in [3.8, 4) is 0 Å². The standard InChI is InChI=1S/C16H35N3O2/c1-5-8-10-18-12-16(7-3,13-19-11-9-6-2)14-21-15(20)17-4/h18-19H,5-14H2,1-4H3,(H,17,20). The molecule has 5 heteroatoms. The van der Waals surface area contributed by atoms with Gasteiger partial charge in [0.25, 0.3) is 0 Å². The average molecular weight is 301 g/mol. The molecule has 0 saturated carbocycles. The van der Waals surface area contributed by atoms with E-state index in [1.54, 1.807) is 7.05 Å². The molecule has 0 fully saturated rings. The first-order valence-corrected chi connectivity index (χ1v) is 8.40. The Morgan fingerprint density at radius 2 is 1.52 bits per heavy atom. The molecule has 0 aromatic carbocycles. The van der Waals surface area contributed by atoms with Crippen molar-refractivity contribution in [1.82, 2.24) is 16.0 Å². The summed E-state index contributed by atoms with van der Waals surface area (Å²) in [6, 6.07) is 0. The summed E-state index contributed by atoms with van der Waals surface area (Å²) in [5, 5.41) is 9.53. The number of rotatable bonds is 13. The van der Waals surface area contributed by atoms with Crippen molar-refractivity contribution in [2.75, 3.05) is 39.8 Å². The lowest BCUT2D eigenvalue weighted by Gasteiger charge is -2.33. The van der Waals surface area contributed by atoms with E-state index in [0.29, 0.717) is 6.61 Å². The van der Waals surface area contributed by atoms with E-state index in [-0.39, 0.29) is 11.5 Å². The zero-order valence-corrected chi connectivity index (χ0v) is 14.4. The van der Waals surface area contributed by atoms with Gasteiger partial charge in [-0.05, 0) is 32.4 Å². The van der Waals surface area contributed by atoms with E-state index in [9.17, 15) is 4.79 Å². The Balaban J connectivity index is 4.39. The molecule has 3 N–H and O–H groups in total. The van der Waals surface area contributed by atoms with E-state index in [1.807, 2.05) is 0 Å². The SMILES string of the molecule is CCCCNCC(CC)(CNCCCC)COC(=O)NC. The Hall–Kier alpha value is -0.810. The zero-order chi connectivity index (χ0) is 16.0. The highest BCUT2D eigenvalue weighted by Crippen LogP contribution is 2.21. The lowest BCUT2D eigenvalue weighted by atomic mass is 9.85. The lowest BCUT2D eigenvalue weighted by Crippen LogP contribution is -2.46. The summed E-state index contributed by atoms with van der Waals surface area (Å²) in [4.78, 5) is 11.4. The molecular weight excluding hydrogens is 266 g/mol. The fourth-order valence-corrected chi connectivity index (χ4v) is 2.12. The third kappa shape index (κ3) is 9.69. The Morgan fingerprint density at radius 3 is 1.90 bits per heavy atom. The number of alkyl carbamates (subject to hydrolysis) is 1. The van der Waals surface area contributed by atoms with Gasteiger partial charge in [0.15, 0.2) is 0 Å². The van der Waals surface area contributed by atoms with E-state index < -0.39 is 0 Å². The summed E-state index contributed by atoms with van der Waals surface area (Å²) in [5.74, 6) is 0. The predicted molar refractivity (Wildman–Crippen MR) is 88.7 cm³/mol. The van der Waals surface area contributed by atoms with Crippen LogP contribution in [0.25, 0.3) is 0 Å². The highest BCUT2D eigenvalue weighted by Gasteiger charge is 2.29. The monoisotopic (exact) mass is 301 g/mol. The third-order valence-corrected chi connectivity index (χ3v) is 3.88. The van der Waals surface area contributed by atoms with Crippen LogP contribution in [0.15, 0.2) is 0 Å². The molecule has 1 amide bonds. The molecule has 0 radical (unpaired) electrons. The van der Waals surface area contributed by atoms with Gasteiger partial charge < -0.3 is 20.7 Å². The zero-order valence-electron chi connectivity index (χ0n) is 14.4. The Kier molecular flexibility index (Phi) is 12.4. The van der Waals surface area contributed by atoms with Crippen LogP contribution in [0.2, 0.25) is 0 Å². The largest absolute Gasteiger partial charge is 0.449 e. The smallest absolute Gasteiger partial charge is 0.406 e. The summed E-state index contributed by atoms with van der Waals surface area (Å²) in [6.45, 7) is 10.8. The molecule has 0 aromatic rings. The van der Waals surface area contributed by atoms with Crippen LogP contribution >= 0.6 is 0 Å². The van der Waals surface area contributed by atoms with Crippen LogP contribution in [-0.2, 0) is 4.74 Å². The fourth-order valence-electron chi connectivity index (χ4n) is 2.12. The highest BCUT2D eigenvalue weighted by atomic mass is 16.5. The topological polar surface area (TPSA) is 62.4 Å². The maximum atomic E-state index is 11.4. The van der Waals surface area contributed by atoms with Gasteiger partial charge >= 0.3 is 6.09 Å². The second-order valence-electron chi connectivity index (χ2n) is 5.74. The van der Waals surface area contributed by atoms with Gasteiger partial charge in [-0.15, -0.1) is 0 Å². The number of carbonyl (C=O) groups is 1. The van der Waals surface area contributed by atoms with Gasteiger partial charge in [0.1, 0.15) is 6.61 Å². The minimum absolute atomic E-state index is 0.0337. The van der Waals surface area contributed by atoms with Crippen molar-refractivity contribution in [3.05, 3.63) is 0 Å². The van der Waals surface area contributed by atoms with E-state index in [1.165, 1.54) is 25.7 Å². The van der Waals surface area contributed by atoms with E-state index >= 15 is 0 Å². The van der Waals surface area contributed by atoms with E-state index in [0.717, 1.165) is 32.6 Å². The first-order valence-electron chi connectivity index (χ1n) is 8.40. The summed E-state index contributed by atoms with van der Waals surface area (Å²) < 4.78 is 5.33. The van der Waals surface area contributed by atoms with Crippen molar-refractivity contribution in [2.45, 2.75) is 52.9 Å². The van der Waals surface area contributed by atoms with Crippen molar-refractivity contribution < 1.29 is 9.53 Å². The molecule has 0 aromatic heterocycles. The average Bonchev–Trinajstić information content (AvgIpc) is 2.52. The minimum atomic E-state index is -0.352. The van der Waals surface area contributed by atoms with Gasteiger partial charge in [0.05, 0.1) is 0 Å². The van der Waals surface area contributed by atoms with Crippen LogP contribution in [0, 0.1) is 5.41 Å². The number of nitrogens with one attached hydrogen (secondary N) is 3. The van der Waals surface area contributed by atoms with Crippen LogP contribution in [0.1, 0.15) is 52.9 Å². The molecule has 0 aliphatic heterocycles. The van der Waals surface area contributed by atoms with Gasteiger partial charge in [-0.3, -0.25) is 0 Å². The normalized spacial score (nSPS) is 11.4. The van der Waals surface area contributed by atoms with Crippen molar-refractivity contribution in [3.63, 3.8) is 0 Å². The molecule has 0 saturated heterocycles. The summed E-state index contributed by atoms with van der Waals surface area (Å²) in [7, 11) is 1.59. The maximum absolute atomic E-state index is 11.4. The molecule has 21 heavy (non-hydrogen) atoms. The molecule has 0 atom stereocenters. The quantitative estimate of drug-likeness (QED) is 0.457. The van der Waals surface area contributed by atoms with E-state index in [2.05, 4.69) is 36.7 Å². The molecule has 0 bridgehead atoms. The van der Waals surface area contributed by atoms with Gasteiger partial charge in [-0.25, -0.2) is 4.79 Å². The molecule has 0 aliphatic rings. The maximum Gasteiger partial charge on any atom is 0.406 e. The minimum Gasteiger partial charge on any atom is -0.449 e. The van der Waals surface area contributed by atoms with Crippen LogP contribution < -0.4 is 16.0 Å². The molecule has 126 valence electrons. The van der Waals surface area contributed by atoms with Gasteiger partial charge in [0, 0.05) is 25.6 Å². The number of carbonyl (C=O) groups excluding carboxylic acids is 1. The Labute approximate surface area is 130 Å². The Bertz CT molecular complexity index is 248. The van der Waals surface area contributed by atoms with Crippen LogP contribution in [0.4, 0.5) is 4.79 Å². The Morgan fingerprint density at radius 1 is 1.00 bits per heavy atom. The molecule has 0 aliphatic carbocycles. The summed E-state index contributed by atoms with van der Waals surface area (Å²) >= 11 is 0. The van der Waals surface area contributed by atoms with Crippen LogP contribution in [0.3, 0.4) is 0 Å². The molecule has 0 rings (SSSR count). The first kappa shape index (κ1) is 20.2. The summed E-state index contributed by atoms with van der Waals surface area (Å²) in [5.41, 5.74) is -0.0337. The number of unbranched alkanes of at least 4 members (excludes halogenated alkanes) is 2. The molecule has 0 unspecified atom stereocenters. The van der Waals surface area contributed by atoms with Gasteiger partial charge in [-0.2, -0.15) is 0 Å². The molecule has 5 nitrogen and oxygen atoms in total.